The molecule has 0 aliphatic rings. The van der Waals surface area contributed by atoms with Crippen molar-refractivity contribution in [3.63, 3.8) is 0 Å². The van der Waals surface area contributed by atoms with Gasteiger partial charge in [-0.2, -0.15) is 5.10 Å². The number of nitrogens with zero attached hydrogens (tertiary/aromatic N) is 2. The average Bonchev–Trinajstić information content (AvgIpc) is 2.73. The molecular weight excluding hydrogens is 285 g/mol. The average molecular weight is 298 g/mol. The van der Waals surface area contributed by atoms with Crippen molar-refractivity contribution in [3.8, 4) is 0 Å². The van der Waals surface area contributed by atoms with Crippen molar-refractivity contribution in [3.05, 3.63) is 46.1 Å². The van der Waals surface area contributed by atoms with E-state index in [0.717, 1.165) is 5.56 Å². The van der Waals surface area contributed by atoms with Gasteiger partial charge in [0.25, 0.3) is 0 Å². The molecule has 1 amide bonds. The molecule has 0 bridgehead atoms. The molecule has 0 atom stereocenters. The summed E-state index contributed by atoms with van der Waals surface area (Å²) < 4.78 is 1.63. The Morgan fingerprint density at radius 1 is 1.37 bits per heavy atom. The fraction of sp³-hybridized carbons (Fsp3) is 0.231. The molecule has 0 unspecified atom stereocenters. The summed E-state index contributed by atoms with van der Waals surface area (Å²) in [4.78, 5) is 11.7. The van der Waals surface area contributed by atoms with Crippen LogP contribution in [0.1, 0.15) is 12.0 Å². The second kappa shape index (κ2) is 6.08. The monoisotopic (exact) mass is 297 g/mol. The fourth-order valence-electron chi connectivity index (χ4n) is 1.66. The molecule has 2 rings (SSSR count). The molecule has 0 fully saturated rings. The van der Waals surface area contributed by atoms with E-state index in [1.54, 1.807) is 36.1 Å². The number of hydrogen-bond donors (Lipinski definition) is 1. The number of carbonyl (C=O) groups is 1. The summed E-state index contributed by atoms with van der Waals surface area (Å²) >= 11 is 11.9. The van der Waals surface area contributed by atoms with Crippen LogP contribution < -0.4 is 5.32 Å². The van der Waals surface area contributed by atoms with Crippen LogP contribution in [0.3, 0.4) is 0 Å². The van der Waals surface area contributed by atoms with Crippen molar-refractivity contribution in [1.82, 2.24) is 9.78 Å². The Balaban J connectivity index is 1.89. The molecule has 0 radical (unpaired) electrons. The molecular formula is C13H13Cl2N3O. The molecule has 6 heteroatoms. The lowest BCUT2D eigenvalue weighted by atomic mass is 10.1. The van der Waals surface area contributed by atoms with Crippen LogP contribution in [-0.2, 0) is 18.3 Å². The van der Waals surface area contributed by atoms with Gasteiger partial charge in [-0.05, 0) is 24.1 Å². The summed E-state index contributed by atoms with van der Waals surface area (Å²) in [5, 5.41) is 7.97. The lowest BCUT2D eigenvalue weighted by Crippen LogP contribution is -2.13. The number of nitrogens with one attached hydrogen (secondary N) is 1. The van der Waals surface area contributed by atoms with Crippen LogP contribution in [0.4, 0.5) is 5.82 Å². The number of halogens is 2. The quantitative estimate of drug-likeness (QED) is 0.941. The highest BCUT2D eigenvalue weighted by molar-refractivity contribution is 6.35. The van der Waals surface area contributed by atoms with Crippen molar-refractivity contribution >= 4 is 34.9 Å². The highest BCUT2D eigenvalue weighted by atomic mass is 35.5. The first-order chi connectivity index (χ1) is 9.04. The van der Waals surface area contributed by atoms with E-state index in [-0.39, 0.29) is 5.91 Å². The van der Waals surface area contributed by atoms with Gasteiger partial charge in [0.15, 0.2) is 5.82 Å². The van der Waals surface area contributed by atoms with Crippen LogP contribution in [0.2, 0.25) is 10.0 Å². The van der Waals surface area contributed by atoms with E-state index in [0.29, 0.717) is 28.7 Å². The Kier molecular flexibility index (Phi) is 4.45. The van der Waals surface area contributed by atoms with E-state index in [9.17, 15) is 4.79 Å². The number of hydrogen-bond acceptors (Lipinski definition) is 2. The molecule has 100 valence electrons. The zero-order valence-corrected chi connectivity index (χ0v) is 11.9. The summed E-state index contributed by atoms with van der Waals surface area (Å²) in [7, 11) is 1.79. The van der Waals surface area contributed by atoms with Crippen LogP contribution in [0, 0.1) is 0 Å². The van der Waals surface area contributed by atoms with Gasteiger partial charge < -0.3 is 5.32 Å². The maximum Gasteiger partial charge on any atom is 0.225 e. The normalized spacial score (nSPS) is 10.5. The van der Waals surface area contributed by atoms with E-state index in [1.165, 1.54) is 0 Å². The Morgan fingerprint density at radius 3 is 2.79 bits per heavy atom. The SMILES string of the molecule is Cn1ccc(NC(=O)CCc2ccc(Cl)cc2Cl)n1. The van der Waals surface area contributed by atoms with Crippen molar-refractivity contribution in [1.29, 1.82) is 0 Å². The minimum Gasteiger partial charge on any atom is -0.309 e. The predicted molar refractivity (Wildman–Crippen MR) is 76.6 cm³/mol. The molecule has 2 aromatic rings. The highest BCUT2D eigenvalue weighted by Gasteiger charge is 2.07. The highest BCUT2D eigenvalue weighted by Crippen LogP contribution is 2.22. The Labute approximate surface area is 121 Å². The molecule has 1 N–H and O–H groups in total. The molecule has 0 spiro atoms. The second-order valence-corrected chi connectivity index (χ2v) is 5.00. The number of carbonyl (C=O) groups excluding carboxylic acids is 1. The maximum atomic E-state index is 11.7. The number of amides is 1. The third kappa shape index (κ3) is 3.98. The number of benzene rings is 1. The fourth-order valence-corrected chi connectivity index (χ4v) is 2.16. The second-order valence-electron chi connectivity index (χ2n) is 4.16. The molecule has 0 aliphatic carbocycles. The topological polar surface area (TPSA) is 46.9 Å². The van der Waals surface area contributed by atoms with Gasteiger partial charge in [0.05, 0.1) is 0 Å². The summed E-state index contributed by atoms with van der Waals surface area (Å²) in [6, 6.07) is 7.01. The van der Waals surface area contributed by atoms with E-state index in [1.807, 2.05) is 6.07 Å². The van der Waals surface area contributed by atoms with Gasteiger partial charge >= 0.3 is 0 Å². The Morgan fingerprint density at radius 2 is 2.16 bits per heavy atom. The third-order valence-electron chi connectivity index (χ3n) is 2.62. The van der Waals surface area contributed by atoms with Crippen LogP contribution in [-0.4, -0.2) is 15.7 Å². The van der Waals surface area contributed by atoms with Gasteiger partial charge in [0.1, 0.15) is 0 Å². The lowest BCUT2D eigenvalue weighted by molar-refractivity contribution is -0.116. The molecule has 1 aromatic carbocycles. The first kappa shape index (κ1) is 13.9. The molecule has 0 saturated heterocycles. The van der Waals surface area contributed by atoms with Crippen LogP contribution >= 0.6 is 23.2 Å². The molecule has 4 nitrogen and oxygen atoms in total. The minimum atomic E-state index is -0.0929. The number of aromatic nitrogens is 2. The number of rotatable bonds is 4. The van der Waals surface area contributed by atoms with Crippen molar-refractivity contribution in [2.75, 3.05) is 5.32 Å². The van der Waals surface area contributed by atoms with Gasteiger partial charge in [0, 0.05) is 35.8 Å². The summed E-state index contributed by atoms with van der Waals surface area (Å²) in [6.45, 7) is 0. The predicted octanol–water partition coefficient (Wildman–Crippen LogP) is 3.30. The van der Waals surface area contributed by atoms with Gasteiger partial charge in [-0.3, -0.25) is 9.48 Å². The zero-order chi connectivity index (χ0) is 13.8. The largest absolute Gasteiger partial charge is 0.309 e. The number of anilines is 1. The minimum absolute atomic E-state index is 0.0929. The summed E-state index contributed by atoms with van der Waals surface area (Å²) in [5.74, 6) is 0.458. The third-order valence-corrected chi connectivity index (χ3v) is 3.20. The Bertz CT molecular complexity index is 595. The van der Waals surface area contributed by atoms with Gasteiger partial charge in [0.2, 0.25) is 5.91 Å². The maximum absolute atomic E-state index is 11.7. The first-order valence-corrected chi connectivity index (χ1v) is 6.53. The zero-order valence-electron chi connectivity index (χ0n) is 10.4. The molecule has 0 saturated carbocycles. The van der Waals surface area contributed by atoms with Crippen LogP contribution in [0.25, 0.3) is 0 Å². The molecule has 1 heterocycles. The van der Waals surface area contributed by atoms with E-state index < -0.39 is 0 Å². The summed E-state index contributed by atoms with van der Waals surface area (Å²) in [6.07, 6.45) is 2.68. The van der Waals surface area contributed by atoms with Crippen molar-refractivity contribution in [2.24, 2.45) is 7.05 Å². The van der Waals surface area contributed by atoms with E-state index in [2.05, 4.69) is 10.4 Å². The van der Waals surface area contributed by atoms with Gasteiger partial charge in [-0.15, -0.1) is 0 Å². The lowest BCUT2D eigenvalue weighted by Gasteiger charge is -2.05. The van der Waals surface area contributed by atoms with E-state index >= 15 is 0 Å². The number of aryl methyl sites for hydroxylation is 2. The molecule has 0 aliphatic heterocycles. The van der Waals surface area contributed by atoms with Gasteiger partial charge in [-0.25, -0.2) is 0 Å². The van der Waals surface area contributed by atoms with E-state index in [4.69, 9.17) is 23.2 Å². The smallest absolute Gasteiger partial charge is 0.225 e. The standard InChI is InChI=1S/C13H13Cl2N3O/c1-18-7-6-12(17-18)16-13(19)5-3-9-2-4-10(14)8-11(9)15/h2,4,6-8H,3,5H2,1H3,(H,16,17,19). The van der Waals surface area contributed by atoms with Crippen molar-refractivity contribution < 1.29 is 4.79 Å². The summed E-state index contributed by atoms with van der Waals surface area (Å²) in [5.41, 5.74) is 0.905. The molecule has 19 heavy (non-hydrogen) atoms. The van der Waals surface area contributed by atoms with Crippen LogP contribution in [0.15, 0.2) is 30.5 Å². The first-order valence-electron chi connectivity index (χ1n) is 5.78. The van der Waals surface area contributed by atoms with Crippen LogP contribution in [0.5, 0.6) is 0 Å². The Hall–Kier alpha value is -1.52. The van der Waals surface area contributed by atoms with Crippen molar-refractivity contribution in [2.45, 2.75) is 12.8 Å². The molecule has 1 aromatic heterocycles. The van der Waals surface area contributed by atoms with Gasteiger partial charge in [-0.1, -0.05) is 29.3 Å².